The Labute approximate surface area is 81.2 Å². The fourth-order valence-corrected chi connectivity index (χ4v) is 1.90. The highest BCUT2D eigenvalue weighted by Crippen LogP contribution is 2.22. The molecule has 0 aliphatic carbocycles. The highest BCUT2D eigenvalue weighted by molar-refractivity contribution is 4.53. The first-order valence-corrected chi connectivity index (χ1v) is 5.11. The molecule has 2 atom stereocenters. The van der Waals surface area contributed by atoms with Crippen molar-refractivity contribution in [1.82, 2.24) is 0 Å². The molecule has 0 bridgehead atoms. The van der Waals surface area contributed by atoms with E-state index in [-0.39, 0.29) is 12.5 Å². The summed E-state index contributed by atoms with van der Waals surface area (Å²) in [5.41, 5.74) is 0. The van der Waals surface area contributed by atoms with Crippen LogP contribution in [0.1, 0.15) is 26.7 Å². The van der Waals surface area contributed by atoms with Gasteiger partial charge in [0.2, 0.25) is 0 Å². The zero-order valence-corrected chi connectivity index (χ0v) is 9.25. The Morgan fingerprint density at radius 3 is 2.15 bits per heavy atom. The largest absolute Gasteiger partial charge is 0.356 e. The van der Waals surface area contributed by atoms with Gasteiger partial charge in [0.1, 0.15) is 0 Å². The molecule has 3 heteroatoms. The summed E-state index contributed by atoms with van der Waals surface area (Å²) in [6.07, 6.45) is 2.81. The Kier molecular flexibility index (Phi) is 3.71. The molecule has 1 heterocycles. The average molecular weight is 188 g/mol. The minimum absolute atomic E-state index is 0.0921. The standard InChI is InChI=1S/C10H22NO2/c1-9(13-10(2)12-4)11(3)7-5-6-8-11/h9-10H,5-8H2,1-4H3/q+1. The quantitative estimate of drug-likeness (QED) is 0.492. The Balaban J connectivity index is 2.41. The third-order valence-electron chi connectivity index (χ3n) is 3.19. The molecule has 0 spiro atoms. The van der Waals surface area contributed by atoms with Gasteiger partial charge in [0.15, 0.2) is 12.5 Å². The number of quaternary nitrogens is 1. The smallest absolute Gasteiger partial charge is 0.192 e. The van der Waals surface area contributed by atoms with Crippen molar-refractivity contribution in [3.05, 3.63) is 0 Å². The number of rotatable bonds is 4. The molecule has 1 fully saturated rings. The highest BCUT2D eigenvalue weighted by Gasteiger charge is 2.34. The fourth-order valence-electron chi connectivity index (χ4n) is 1.90. The van der Waals surface area contributed by atoms with E-state index in [1.54, 1.807) is 7.11 Å². The molecule has 1 rings (SSSR count). The lowest BCUT2D eigenvalue weighted by molar-refractivity contribution is -0.944. The molecule has 0 aromatic rings. The van der Waals surface area contributed by atoms with Gasteiger partial charge in [-0.2, -0.15) is 0 Å². The van der Waals surface area contributed by atoms with E-state index in [9.17, 15) is 0 Å². The van der Waals surface area contributed by atoms with Gasteiger partial charge in [-0.1, -0.05) is 0 Å². The number of methoxy groups -OCH3 is 1. The SMILES string of the molecule is COC(C)OC(C)[N+]1(C)CCCC1. The molecule has 2 unspecified atom stereocenters. The summed E-state index contributed by atoms with van der Waals surface area (Å²) < 4.78 is 11.9. The lowest BCUT2D eigenvalue weighted by atomic mass is 10.4. The van der Waals surface area contributed by atoms with Crippen molar-refractivity contribution in [2.45, 2.75) is 39.2 Å². The Hall–Kier alpha value is -0.120. The third-order valence-corrected chi connectivity index (χ3v) is 3.19. The van der Waals surface area contributed by atoms with Crippen LogP contribution in [0.2, 0.25) is 0 Å². The number of hydrogen-bond donors (Lipinski definition) is 0. The minimum Gasteiger partial charge on any atom is -0.356 e. The average Bonchev–Trinajstić information content (AvgIpc) is 2.53. The van der Waals surface area contributed by atoms with E-state index in [0.29, 0.717) is 0 Å². The van der Waals surface area contributed by atoms with Crippen molar-refractivity contribution in [3.63, 3.8) is 0 Å². The molecular weight excluding hydrogens is 166 g/mol. The molecule has 0 saturated carbocycles. The van der Waals surface area contributed by atoms with Gasteiger partial charge in [0, 0.05) is 26.9 Å². The molecular formula is C10H22NO2+. The molecule has 3 nitrogen and oxygen atoms in total. The summed E-state index contributed by atoms with van der Waals surface area (Å²) in [6.45, 7) is 6.55. The fraction of sp³-hybridized carbons (Fsp3) is 1.00. The molecule has 1 aliphatic heterocycles. The van der Waals surface area contributed by atoms with E-state index >= 15 is 0 Å². The van der Waals surface area contributed by atoms with Gasteiger partial charge >= 0.3 is 0 Å². The van der Waals surface area contributed by atoms with Crippen LogP contribution in [0.4, 0.5) is 0 Å². The lowest BCUT2D eigenvalue weighted by Crippen LogP contribution is -2.50. The van der Waals surface area contributed by atoms with Crippen LogP contribution in [0.3, 0.4) is 0 Å². The number of likely N-dealkylation sites (tertiary alicyclic amines) is 1. The molecule has 1 saturated heterocycles. The molecule has 13 heavy (non-hydrogen) atoms. The number of ether oxygens (including phenoxy) is 2. The van der Waals surface area contributed by atoms with Crippen LogP contribution >= 0.6 is 0 Å². The molecule has 0 N–H and O–H groups in total. The molecule has 0 aromatic heterocycles. The van der Waals surface area contributed by atoms with Crippen molar-refractivity contribution < 1.29 is 14.0 Å². The molecule has 0 radical (unpaired) electrons. The van der Waals surface area contributed by atoms with Gasteiger partial charge in [-0.05, 0) is 6.92 Å². The van der Waals surface area contributed by atoms with Crippen molar-refractivity contribution in [2.75, 3.05) is 27.2 Å². The van der Waals surface area contributed by atoms with Crippen LogP contribution in [-0.2, 0) is 9.47 Å². The predicted molar refractivity (Wildman–Crippen MR) is 52.2 cm³/mol. The normalized spacial score (nSPS) is 25.8. The van der Waals surface area contributed by atoms with Crippen LogP contribution < -0.4 is 0 Å². The maximum atomic E-state index is 5.74. The summed E-state index contributed by atoms with van der Waals surface area (Å²) in [7, 11) is 3.95. The predicted octanol–water partition coefficient (Wildman–Crippen LogP) is 1.58. The second kappa shape index (κ2) is 4.40. The van der Waals surface area contributed by atoms with Crippen molar-refractivity contribution >= 4 is 0 Å². The van der Waals surface area contributed by atoms with Gasteiger partial charge < -0.3 is 14.0 Å². The second-order valence-corrected chi connectivity index (χ2v) is 4.17. The third kappa shape index (κ3) is 2.66. The number of nitrogens with zero attached hydrogens (tertiary/aromatic N) is 1. The number of hydrogen-bond acceptors (Lipinski definition) is 2. The summed E-state index contributed by atoms with van der Waals surface area (Å²) >= 11 is 0. The van der Waals surface area contributed by atoms with Gasteiger partial charge in [-0.25, -0.2) is 0 Å². The van der Waals surface area contributed by atoms with E-state index in [4.69, 9.17) is 9.47 Å². The van der Waals surface area contributed by atoms with Crippen LogP contribution in [0.15, 0.2) is 0 Å². The maximum Gasteiger partial charge on any atom is 0.192 e. The summed E-state index contributed by atoms with van der Waals surface area (Å²) in [4.78, 5) is 0. The van der Waals surface area contributed by atoms with Gasteiger partial charge in [-0.15, -0.1) is 0 Å². The Morgan fingerprint density at radius 1 is 1.15 bits per heavy atom. The first kappa shape index (κ1) is 11.0. The molecule has 0 amide bonds. The summed E-state index contributed by atoms with van der Waals surface area (Å²) in [5, 5.41) is 0. The molecule has 78 valence electrons. The van der Waals surface area contributed by atoms with Crippen molar-refractivity contribution in [3.8, 4) is 0 Å². The zero-order valence-electron chi connectivity index (χ0n) is 9.25. The first-order valence-electron chi connectivity index (χ1n) is 5.11. The van der Waals surface area contributed by atoms with E-state index in [2.05, 4.69) is 14.0 Å². The lowest BCUT2D eigenvalue weighted by Gasteiger charge is -2.36. The second-order valence-electron chi connectivity index (χ2n) is 4.17. The zero-order chi connectivity index (χ0) is 9.90. The van der Waals surface area contributed by atoms with Crippen LogP contribution in [0.5, 0.6) is 0 Å². The monoisotopic (exact) mass is 188 g/mol. The van der Waals surface area contributed by atoms with Gasteiger partial charge in [0.05, 0.1) is 20.1 Å². The van der Waals surface area contributed by atoms with Crippen LogP contribution in [0, 0.1) is 0 Å². The van der Waals surface area contributed by atoms with E-state index in [1.165, 1.54) is 25.9 Å². The Bertz CT molecular complexity index is 155. The van der Waals surface area contributed by atoms with Gasteiger partial charge in [-0.3, -0.25) is 0 Å². The minimum atomic E-state index is -0.0921. The van der Waals surface area contributed by atoms with E-state index in [1.807, 2.05) is 6.92 Å². The van der Waals surface area contributed by atoms with Crippen molar-refractivity contribution in [1.29, 1.82) is 0 Å². The van der Waals surface area contributed by atoms with Crippen molar-refractivity contribution in [2.24, 2.45) is 0 Å². The van der Waals surface area contributed by atoms with E-state index < -0.39 is 0 Å². The Morgan fingerprint density at radius 2 is 1.69 bits per heavy atom. The first-order chi connectivity index (χ1) is 6.08. The topological polar surface area (TPSA) is 18.5 Å². The molecule has 0 aromatic carbocycles. The molecule has 1 aliphatic rings. The van der Waals surface area contributed by atoms with E-state index in [0.717, 1.165) is 4.48 Å². The maximum absolute atomic E-state index is 5.74. The van der Waals surface area contributed by atoms with Gasteiger partial charge in [0.25, 0.3) is 0 Å². The summed E-state index contributed by atoms with van der Waals surface area (Å²) in [6, 6.07) is 0. The summed E-state index contributed by atoms with van der Waals surface area (Å²) in [5.74, 6) is 0. The van der Waals surface area contributed by atoms with Crippen LogP contribution in [0.25, 0.3) is 0 Å². The van der Waals surface area contributed by atoms with Crippen LogP contribution in [-0.4, -0.2) is 44.2 Å². The highest BCUT2D eigenvalue weighted by atomic mass is 16.7.